The predicted octanol–water partition coefficient (Wildman–Crippen LogP) is 6.01. The largest absolute Gasteiger partial charge is 0.298 e. The van der Waals surface area contributed by atoms with E-state index in [2.05, 4.69) is 59.6 Å². The number of hydrogen-bond donors (Lipinski definition) is 0. The van der Waals surface area contributed by atoms with Gasteiger partial charge in [0.25, 0.3) is 0 Å². The molecule has 0 N–H and O–H groups in total. The molecule has 1 heterocycles. The van der Waals surface area contributed by atoms with E-state index >= 15 is 0 Å². The highest BCUT2D eigenvalue weighted by atomic mass is 16.1. The van der Waals surface area contributed by atoms with Crippen LogP contribution in [0.2, 0.25) is 0 Å². The molecule has 0 bridgehead atoms. The van der Waals surface area contributed by atoms with E-state index in [1.54, 1.807) is 0 Å². The van der Waals surface area contributed by atoms with Gasteiger partial charge in [-0.2, -0.15) is 5.10 Å². The zero-order valence-corrected chi connectivity index (χ0v) is 15.9. The Kier molecular flexibility index (Phi) is 4.41. The fraction of sp³-hybridized carbons (Fsp3) is 0.0769. The number of aldehydes is 1. The predicted molar refractivity (Wildman–Crippen MR) is 119 cm³/mol. The van der Waals surface area contributed by atoms with Crippen LogP contribution in [0.3, 0.4) is 0 Å². The zero-order valence-electron chi connectivity index (χ0n) is 15.9. The summed E-state index contributed by atoms with van der Waals surface area (Å²) in [7, 11) is 0. The average Bonchev–Trinajstić information content (AvgIpc) is 3.24. The van der Waals surface area contributed by atoms with E-state index in [1.807, 2.05) is 42.5 Å². The Bertz CT molecular complexity index is 1190. The molecule has 0 aromatic heterocycles. The lowest BCUT2D eigenvalue weighted by molar-refractivity contribution is 0.112. The fourth-order valence-electron chi connectivity index (χ4n) is 4.04. The van der Waals surface area contributed by atoms with Crippen LogP contribution in [-0.4, -0.2) is 12.0 Å². The van der Waals surface area contributed by atoms with Gasteiger partial charge in [-0.15, -0.1) is 0 Å². The monoisotopic (exact) mass is 376 g/mol. The van der Waals surface area contributed by atoms with Crippen molar-refractivity contribution in [3.8, 4) is 0 Å². The maximum atomic E-state index is 11.1. The molecule has 1 atom stereocenters. The second kappa shape index (κ2) is 7.36. The quantitative estimate of drug-likeness (QED) is 0.409. The Balaban J connectivity index is 1.63. The highest BCUT2D eigenvalue weighted by Gasteiger charge is 2.30. The van der Waals surface area contributed by atoms with Crippen molar-refractivity contribution in [3.63, 3.8) is 0 Å². The number of carbonyl (C=O) groups is 1. The van der Waals surface area contributed by atoms with Crippen LogP contribution in [0, 0.1) is 0 Å². The smallest absolute Gasteiger partial charge is 0.150 e. The molecule has 29 heavy (non-hydrogen) atoms. The first kappa shape index (κ1) is 17.4. The lowest BCUT2D eigenvalue weighted by atomic mass is 9.94. The Morgan fingerprint density at radius 3 is 2.31 bits per heavy atom. The third-order valence-electron chi connectivity index (χ3n) is 5.49. The van der Waals surface area contributed by atoms with E-state index in [0.717, 1.165) is 29.7 Å². The lowest BCUT2D eigenvalue weighted by Crippen LogP contribution is -2.18. The summed E-state index contributed by atoms with van der Waals surface area (Å²) in [6.07, 6.45) is 1.70. The van der Waals surface area contributed by atoms with E-state index in [9.17, 15) is 4.79 Å². The van der Waals surface area contributed by atoms with Gasteiger partial charge >= 0.3 is 0 Å². The topological polar surface area (TPSA) is 32.7 Å². The number of hydrogen-bond acceptors (Lipinski definition) is 3. The molecular formula is C26H20N2O. The number of hydrazone groups is 1. The van der Waals surface area contributed by atoms with Crippen molar-refractivity contribution < 1.29 is 4.79 Å². The molecule has 0 radical (unpaired) electrons. The standard InChI is InChI=1S/C26H20N2O/c29-18-19-13-15-22(16-14-19)28-26(17-25(27-28)21-8-2-1-3-9-21)24-12-6-10-20-7-4-5-11-23(20)24/h1-16,18,26H,17H2/t26-/m0/s1. The molecular weight excluding hydrogens is 356 g/mol. The number of anilines is 1. The van der Waals surface area contributed by atoms with Gasteiger partial charge < -0.3 is 0 Å². The van der Waals surface area contributed by atoms with Gasteiger partial charge in [0, 0.05) is 12.0 Å². The van der Waals surface area contributed by atoms with Crippen molar-refractivity contribution in [3.05, 3.63) is 114 Å². The van der Waals surface area contributed by atoms with Crippen molar-refractivity contribution in [2.24, 2.45) is 5.10 Å². The van der Waals surface area contributed by atoms with E-state index in [-0.39, 0.29) is 6.04 Å². The minimum absolute atomic E-state index is 0.0957. The molecule has 0 aliphatic carbocycles. The van der Waals surface area contributed by atoms with Crippen LogP contribution in [0.1, 0.15) is 33.9 Å². The molecule has 4 aromatic carbocycles. The normalized spacial score (nSPS) is 16.1. The molecule has 0 spiro atoms. The van der Waals surface area contributed by atoms with Crippen LogP contribution in [-0.2, 0) is 0 Å². The van der Waals surface area contributed by atoms with Gasteiger partial charge in [0.2, 0.25) is 0 Å². The molecule has 0 saturated heterocycles. The molecule has 4 aromatic rings. The maximum absolute atomic E-state index is 11.1. The lowest BCUT2D eigenvalue weighted by Gasteiger charge is -2.25. The number of carbonyl (C=O) groups excluding carboxylic acids is 1. The number of benzene rings is 4. The summed E-state index contributed by atoms with van der Waals surface area (Å²) < 4.78 is 0. The summed E-state index contributed by atoms with van der Waals surface area (Å²) in [6, 6.07) is 33.0. The molecule has 0 fully saturated rings. The summed E-state index contributed by atoms with van der Waals surface area (Å²) in [5, 5.41) is 9.59. The minimum atomic E-state index is 0.0957. The first-order chi connectivity index (χ1) is 14.3. The Morgan fingerprint density at radius 2 is 1.52 bits per heavy atom. The molecule has 0 unspecified atom stereocenters. The molecule has 3 nitrogen and oxygen atoms in total. The SMILES string of the molecule is O=Cc1ccc(N2N=C(c3ccccc3)C[C@H]2c2cccc3ccccc23)cc1. The van der Waals surface area contributed by atoms with Crippen LogP contribution in [0.25, 0.3) is 10.8 Å². The fourth-order valence-corrected chi connectivity index (χ4v) is 4.04. The van der Waals surface area contributed by atoms with Crippen LogP contribution in [0.15, 0.2) is 102 Å². The Morgan fingerprint density at radius 1 is 0.793 bits per heavy atom. The number of fused-ring (bicyclic) bond motifs is 1. The van der Waals surface area contributed by atoms with Gasteiger partial charge in [-0.3, -0.25) is 9.80 Å². The first-order valence-corrected chi connectivity index (χ1v) is 9.78. The molecule has 140 valence electrons. The van der Waals surface area contributed by atoms with Crippen molar-refractivity contribution in [2.45, 2.75) is 12.5 Å². The van der Waals surface area contributed by atoms with Crippen molar-refractivity contribution in [2.75, 3.05) is 5.01 Å². The summed E-state index contributed by atoms with van der Waals surface area (Å²) >= 11 is 0. The average molecular weight is 376 g/mol. The van der Waals surface area contributed by atoms with E-state index in [0.29, 0.717) is 5.56 Å². The number of rotatable bonds is 4. The molecule has 3 heteroatoms. The molecule has 0 saturated carbocycles. The van der Waals surface area contributed by atoms with Gasteiger partial charge in [0.1, 0.15) is 6.29 Å². The van der Waals surface area contributed by atoms with E-state index in [1.165, 1.54) is 16.3 Å². The van der Waals surface area contributed by atoms with Gasteiger partial charge in [0.15, 0.2) is 0 Å². The zero-order chi connectivity index (χ0) is 19.6. The second-order valence-electron chi connectivity index (χ2n) is 7.25. The van der Waals surface area contributed by atoms with Gasteiger partial charge in [-0.25, -0.2) is 0 Å². The van der Waals surface area contributed by atoms with Crippen LogP contribution >= 0.6 is 0 Å². The number of nitrogens with zero attached hydrogens (tertiary/aromatic N) is 2. The van der Waals surface area contributed by atoms with Crippen LogP contribution in [0.4, 0.5) is 5.69 Å². The summed E-state index contributed by atoms with van der Waals surface area (Å²) in [5.41, 5.74) is 5.13. The highest BCUT2D eigenvalue weighted by molar-refractivity contribution is 6.04. The maximum Gasteiger partial charge on any atom is 0.150 e. The summed E-state index contributed by atoms with van der Waals surface area (Å²) in [4.78, 5) is 11.1. The first-order valence-electron chi connectivity index (χ1n) is 9.78. The second-order valence-corrected chi connectivity index (χ2v) is 7.25. The van der Waals surface area contributed by atoms with Crippen LogP contribution < -0.4 is 5.01 Å². The molecule has 1 aliphatic rings. The molecule has 1 aliphatic heterocycles. The van der Waals surface area contributed by atoms with Crippen molar-refractivity contribution >= 4 is 28.5 Å². The highest BCUT2D eigenvalue weighted by Crippen LogP contribution is 2.39. The molecule has 0 amide bonds. The van der Waals surface area contributed by atoms with E-state index in [4.69, 9.17) is 5.10 Å². The summed E-state index contributed by atoms with van der Waals surface area (Å²) in [6.45, 7) is 0. The van der Waals surface area contributed by atoms with Crippen molar-refractivity contribution in [1.82, 2.24) is 0 Å². The minimum Gasteiger partial charge on any atom is -0.298 e. The van der Waals surface area contributed by atoms with E-state index < -0.39 is 0 Å². The third-order valence-corrected chi connectivity index (χ3v) is 5.49. The van der Waals surface area contributed by atoms with Crippen LogP contribution in [0.5, 0.6) is 0 Å². The van der Waals surface area contributed by atoms with Gasteiger partial charge in [0.05, 0.1) is 17.4 Å². The Hall–Kier alpha value is -3.72. The Labute approximate surface area is 169 Å². The van der Waals surface area contributed by atoms with Gasteiger partial charge in [-0.1, -0.05) is 72.8 Å². The van der Waals surface area contributed by atoms with Crippen molar-refractivity contribution in [1.29, 1.82) is 0 Å². The van der Waals surface area contributed by atoms with Gasteiger partial charge in [-0.05, 0) is 46.2 Å². The third kappa shape index (κ3) is 3.21. The summed E-state index contributed by atoms with van der Waals surface area (Å²) in [5.74, 6) is 0. The molecule has 5 rings (SSSR count).